The zero-order chi connectivity index (χ0) is 17.1. The van der Waals surface area contributed by atoms with Crippen LogP contribution >= 0.6 is 0 Å². The molecule has 124 valence electrons. The summed E-state index contributed by atoms with van der Waals surface area (Å²) in [6, 6.07) is 18.5. The third-order valence-electron chi connectivity index (χ3n) is 4.26. The molecule has 0 fully saturated rings. The first kappa shape index (κ1) is 15.3. The number of aromatic nitrogens is 5. The summed E-state index contributed by atoms with van der Waals surface area (Å²) in [5.41, 5.74) is 3.32. The Labute approximate surface area is 146 Å². The van der Waals surface area contributed by atoms with Gasteiger partial charge < -0.3 is 4.57 Å². The first-order valence-electron chi connectivity index (χ1n) is 8.33. The molecule has 0 atom stereocenters. The van der Waals surface area contributed by atoms with Crippen molar-refractivity contribution in [2.75, 3.05) is 0 Å². The van der Waals surface area contributed by atoms with Crippen LogP contribution in [0, 0.1) is 0 Å². The Morgan fingerprint density at radius 2 is 1.68 bits per heavy atom. The Morgan fingerprint density at radius 1 is 0.920 bits per heavy atom. The molecule has 5 heteroatoms. The fourth-order valence-corrected chi connectivity index (χ4v) is 2.93. The van der Waals surface area contributed by atoms with E-state index in [1.165, 1.54) is 5.56 Å². The van der Waals surface area contributed by atoms with Gasteiger partial charge in [-0.2, -0.15) is 5.10 Å². The Kier molecular flexibility index (Phi) is 4.12. The van der Waals surface area contributed by atoms with Crippen molar-refractivity contribution in [2.45, 2.75) is 12.8 Å². The lowest BCUT2D eigenvalue weighted by atomic mass is 10.1. The lowest BCUT2D eigenvalue weighted by molar-refractivity contribution is 0.865. The number of nitrogens with one attached hydrogen (secondary N) is 1. The lowest BCUT2D eigenvalue weighted by Gasteiger charge is -2.06. The Bertz CT molecular complexity index is 968. The highest BCUT2D eigenvalue weighted by Crippen LogP contribution is 2.28. The maximum atomic E-state index is 4.69. The van der Waals surface area contributed by atoms with Gasteiger partial charge in [-0.15, -0.1) is 0 Å². The Morgan fingerprint density at radius 3 is 2.44 bits per heavy atom. The summed E-state index contributed by atoms with van der Waals surface area (Å²) in [5, 5.41) is 7.50. The molecular formula is C20H19N5. The standard InChI is InChI=1S/C20H19N5/c1-25-14-13-21-20(25)17-10-6-5-9-16(17)19-22-18(23-24-19)12-11-15-7-3-2-4-8-15/h2-10,13-14H,11-12H2,1H3,(H,22,23,24). The second kappa shape index (κ2) is 6.73. The maximum absolute atomic E-state index is 4.69. The van der Waals surface area contributed by atoms with Gasteiger partial charge in [0, 0.05) is 37.0 Å². The molecule has 0 saturated heterocycles. The number of nitrogens with zero attached hydrogens (tertiary/aromatic N) is 4. The van der Waals surface area contributed by atoms with Gasteiger partial charge in [0.1, 0.15) is 11.6 Å². The topological polar surface area (TPSA) is 59.4 Å². The highest BCUT2D eigenvalue weighted by atomic mass is 15.2. The average molecular weight is 329 g/mol. The van der Waals surface area contributed by atoms with Crippen LogP contribution in [0.25, 0.3) is 22.8 Å². The van der Waals surface area contributed by atoms with Crippen molar-refractivity contribution in [1.82, 2.24) is 24.7 Å². The molecule has 1 N–H and O–H groups in total. The molecule has 4 aromatic rings. The number of aromatic amines is 1. The second-order valence-electron chi connectivity index (χ2n) is 6.00. The third-order valence-corrected chi connectivity index (χ3v) is 4.26. The van der Waals surface area contributed by atoms with Crippen LogP contribution in [0.5, 0.6) is 0 Å². The fraction of sp³-hybridized carbons (Fsp3) is 0.150. The first-order chi connectivity index (χ1) is 12.3. The van der Waals surface area contributed by atoms with Crippen molar-refractivity contribution < 1.29 is 0 Å². The Balaban J connectivity index is 1.60. The summed E-state index contributed by atoms with van der Waals surface area (Å²) in [7, 11) is 1.99. The first-order valence-corrected chi connectivity index (χ1v) is 8.33. The summed E-state index contributed by atoms with van der Waals surface area (Å²) in [6.45, 7) is 0. The number of hydrogen-bond acceptors (Lipinski definition) is 3. The van der Waals surface area contributed by atoms with E-state index in [1.54, 1.807) is 6.20 Å². The molecule has 0 saturated carbocycles. The van der Waals surface area contributed by atoms with Gasteiger partial charge in [0.05, 0.1) is 0 Å². The highest BCUT2D eigenvalue weighted by Gasteiger charge is 2.14. The van der Waals surface area contributed by atoms with Crippen LogP contribution in [0.15, 0.2) is 67.0 Å². The van der Waals surface area contributed by atoms with E-state index in [0.717, 1.165) is 35.6 Å². The summed E-state index contributed by atoms with van der Waals surface area (Å²) >= 11 is 0. The van der Waals surface area contributed by atoms with E-state index in [4.69, 9.17) is 4.98 Å². The van der Waals surface area contributed by atoms with Crippen LogP contribution in [-0.2, 0) is 19.9 Å². The van der Waals surface area contributed by atoms with Crippen LogP contribution < -0.4 is 0 Å². The summed E-state index contributed by atoms with van der Waals surface area (Å²) in [5.74, 6) is 2.52. The van der Waals surface area contributed by atoms with Crippen LogP contribution in [0.2, 0.25) is 0 Å². The SMILES string of the molecule is Cn1ccnc1-c1ccccc1-c1n[nH]c(CCc2ccccc2)n1. The highest BCUT2D eigenvalue weighted by molar-refractivity contribution is 5.77. The van der Waals surface area contributed by atoms with Gasteiger partial charge in [0.25, 0.3) is 0 Å². The zero-order valence-electron chi connectivity index (χ0n) is 14.1. The van der Waals surface area contributed by atoms with Crippen molar-refractivity contribution in [3.8, 4) is 22.8 Å². The summed E-state index contributed by atoms with van der Waals surface area (Å²) < 4.78 is 2.00. The molecule has 0 radical (unpaired) electrons. The molecule has 4 rings (SSSR count). The van der Waals surface area contributed by atoms with E-state index in [2.05, 4.69) is 45.5 Å². The van der Waals surface area contributed by atoms with Crippen molar-refractivity contribution >= 4 is 0 Å². The van der Waals surface area contributed by atoms with Crippen molar-refractivity contribution in [2.24, 2.45) is 7.05 Å². The number of hydrogen-bond donors (Lipinski definition) is 1. The molecule has 0 amide bonds. The van der Waals surface area contributed by atoms with Gasteiger partial charge in [-0.05, 0) is 12.0 Å². The van der Waals surface area contributed by atoms with E-state index < -0.39 is 0 Å². The number of H-pyrrole nitrogens is 1. The van der Waals surface area contributed by atoms with Gasteiger partial charge in [-0.25, -0.2) is 9.97 Å². The molecule has 2 aromatic carbocycles. The van der Waals surface area contributed by atoms with Crippen LogP contribution in [0.3, 0.4) is 0 Å². The van der Waals surface area contributed by atoms with Crippen molar-refractivity contribution in [1.29, 1.82) is 0 Å². The van der Waals surface area contributed by atoms with Crippen LogP contribution in [0.1, 0.15) is 11.4 Å². The van der Waals surface area contributed by atoms with Gasteiger partial charge in [0.15, 0.2) is 5.82 Å². The number of imidazole rings is 1. The molecule has 0 spiro atoms. The van der Waals surface area contributed by atoms with E-state index in [1.807, 2.05) is 42.1 Å². The van der Waals surface area contributed by atoms with Crippen LogP contribution in [0.4, 0.5) is 0 Å². The monoisotopic (exact) mass is 329 g/mol. The summed E-state index contributed by atoms with van der Waals surface area (Å²) in [4.78, 5) is 9.14. The minimum Gasteiger partial charge on any atom is -0.334 e. The van der Waals surface area contributed by atoms with E-state index in [-0.39, 0.29) is 0 Å². The second-order valence-corrected chi connectivity index (χ2v) is 6.00. The number of aryl methyl sites for hydroxylation is 3. The summed E-state index contributed by atoms with van der Waals surface area (Å²) in [6.07, 6.45) is 5.52. The molecule has 0 unspecified atom stereocenters. The fourth-order valence-electron chi connectivity index (χ4n) is 2.93. The largest absolute Gasteiger partial charge is 0.334 e. The van der Waals surface area contributed by atoms with Crippen molar-refractivity contribution in [3.63, 3.8) is 0 Å². The minimum atomic E-state index is 0.710. The zero-order valence-corrected chi connectivity index (χ0v) is 14.1. The van der Waals surface area contributed by atoms with E-state index in [0.29, 0.717) is 5.82 Å². The quantitative estimate of drug-likeness (QED) is 0.608. The Hall–Kier alpha value is -3.21. The van der Waals surface area contributed by atoms with Crippen LogP contribution in [-0.4, -0.2) is 24.7 Å². The maximum Gasteiger partial charge on any atom is 0.181 e. The molecule has 5 nitrogen and oxygen atoms in total. The van der Waals surface area contributed by atoms with E-state index >= 15 is 0 Å². The molecular weight excluding hydrogens is 310 g/mol. The number of benzene rings is 2. The predicted molar refractivity (Wildman–Crippen MR) is 97.9 cm³/mol. The third kappa shape index (κ3) is 3.21. The molecule has 2 heterocycles. The molecule has 0 aliphatic carbocycles. The van der Waals surface area contributed by atoms with Crippen molar-refractivity contribution in [3.05, 3.63) is 78.4 Å². The molecule has 0 aliphatic heterocycles. The van der Waals surface area contributed by atoms with Gasteiger partial charge in [0.2, 0.25) is 0 Å². The smallest absolute Gasteiger partial charge is 0.181 e. The average Bonchev–Trinajstić information content (AvgIpc) is 3.30. The molecule has 0 aliphatic rings. The predicted octanol–water partition coefficient (Wildman–Crippen LogP) is 3.66. The molecule has 2 aromatic heterocycles. The van der Waals surface area contributed by atoms with Gasteiger partial charge in [-0.1, -0.05) is 54.6 Å². The number of rotatable bonds is 5. The molecule has 0 bridgehead atoms. The lowest BCUT2D eigenvalue weighted by Crippen LogP contribution is -1.95. The van der Waals surface area contributed by atoms with Gasteiger partial charge >= 0.3 is 0 Å². The molecule has 25 heavy (non-hydrogen) atoms. The van der Waals surface area contributed by atoms with Gasteiger partial charge in [-0.3, -0.25) is 5.10 Å². The minimum absolute atomic E-state index is 0.710. The normalized spacial score (nSPS) is 10.9. The van der Waals surface area contributed by atoms with E-state index in [9.17, 15) is 0 Å².